The molecule has 0 unspecified atom stereocenters. The molecule has 1 heterocycles. The Hall–Kier alpha value is -1.13. The number of anilines is 1. The first-order valence-electron chi connectivity index (χ1n) is 6.06. The molecule has 0 saturated carbocycles. The number of hydrogen-bond acceptors (Lipinski definition) is 3. The van der Waals surface area contributed by atoms with Gasteiger partial charge in [0.1, 0.15) is 5.82 Å². The van der Waals surface area contributed by atoms with Crippen LogP contribution in [0.1, 0.15) is 5.56 Å². The average molecular weight is 237 g/mol. The molecule has 17 heavy (non-hydrogen) atoms. The lowest BCUT2D eigenvalue weighted by molar-refractivity contribution is 0.233. The Balaban J connectivity index is 2.16. The predicted octanol–water partition coefficient (Wildman–Crippen LogP) is 1.30. The van der Waals surface area contributed by atoms with Gasteiger partial charge >= 0.3 is 0 Å². The Morgan fingerprint density at radius 2 is 2.00 bits per heavy atom. The predicted molar refractivity (Wildman–Crippen MR) is 68.9 cm³/mol. The molecular weight excluding hydrogens is 217 g/mol. The molecule has 1 aromatic carbocycles. The second kappa shape index (κ2) is 5.47. The van der Waals surface area contributed by atoms with Crippen LogP contribution in [0.25, 0.3) is 0 Å². The van der Waals surface area contributed by atoms with Gasteiger partial charge in [-0.05, 0) is 11.6 Å². The molecular formula is C13H20FN3. The molecule has 1 fully saturated rings. The van der Waals surface area contributed by atoms with Gasteiger partial charge in [-0.15, -0.1) is 0 Å². The van der Waals surface area contributed by atoms with Crippen LogP contribution in [0.5, 0.6) is 0 Å². The minimum absolute atomic E-state index is 0.136. The van der Waals surface area contributed by atoms with Crippen LogP contribution in [0.4, 0.5) is 10.1 Å². The highest BCUT2D eigenvalue weighted by molar-refractivity contribution is 5.53. The van der Waals surface area contributed by atoms with Gasteiger partial charge in [0.2, 0.25) is 0 Å². The molecule has 1 saturated heterocycles. The second-order valence-corrected chi connectivity index (χ2v) is 4.67. The normalized spacial score (nSPS) is 17.1. The molecule has 3 nitrogen and oxygen atoms in total. The molecule has 1 aromatic rings. The summed E-state index contributed by atoms with van der Waals surface area (Å²) in [7, 11) is 3.78. The average Bonchev–Trinajstić information content (AvgIpc) is 2.30. The van der Waals surface area contributed by atoms with Crippen molar-refractivity contribution in [3.8, 4) is 0 Å². The van der Waals surface area contributed by atoms with E-state index in [2.05, 4.69) is 10.2 Å². The molecule has 0 aliphatic carbocycles. The smallest absolute Gasteiger partial charge is 0.146 e. The van der Waals surface area contributed by atoms with E-state index in [9.17, 15) is 4.39 Å². The Morgan fingerprint density at radius 3 is 2.65 bits per heavy atom. The molecule has 0 spiro atoms. The van der Waals surface area contributed by atoms with Crippen molar-refractivity contribution in [1.29, 1.82) is 0 Å². The molecule has 1 N–H and O–H groups in total. The maximum absolute atomic E-state index is 13.8. The van der Waals surface area contributed by atoms with Crippen LogP contribution in [0.15, 0.2) is 18.2 Å². The lowest BCUT2D eigenvalue weighted by Gasteiger charge is -2.29. The van der Waals surface area contributed by atoms with E-state index in [1.165, 1.54) is 6.07 Å². The van der Waals surface area contributed by atoms with Gasteiger partial charge in [-0.25, -0.2) is 4.39 Å². The van der Waals surface area contributed by atoms with Gasteiger partial charge in [0.15, 0.2) is 0 Å². The van der Waals surface area contributed by atoms with Crippen LogP contribution >= 0.6 is 0 Å². The van der Waals surface area contributed by atoms with Crippen molar-refractivity contribution in [1.82, 2.24) is 10.2 Å². The molecule has 1 aliphatic rings. The fourth-order valence-electron chi connectivity index (χ4n) is 2.30. The van der Waals surface area contributed by atoms with Gasteiger partial charge < -0.3 is 10.2 Å². The topological polar surface area (TPSA) is 18.5 Å². The van der Waals surface area contributed by atoms with Gasteiger partial charge in [-0.3, -0.25) is 4.90 Å². The van der Waals surface area contributed by atoms with Crippen molar-refractivity contribution in [3.05, 3.63) is 29.6 Å². The Labute approximate surface area is 102 Å². The number of benzene rings is 1. The van der Waals surface area contributed by atoms with E-state index in [-0.39, 0.29) is 5.82 Å². The first-order chi connectivity index (χ1) is 8.18. The molecule has 0 bridgehead atoms. The van der Waals surface area contributed by atoms with Crippen molar-refractivity contribution in [2.75, 3.05) is 45.2 Å². The van der Waals surface area contributed by atoms with Gasteiger partial charge in [0, 0.05) is 46.8 Å². The summed E-state index contributed by atoms with van der Waals surface area (Å²) in [5, 5.41) is 3.32. The van der Waals surface area contributed by atoms with E-state index < -0.39 is 0 Å². The molecule has 0 amide bonds. The van der Waals surface area contributed by atoms with E-state index in [1.807, 2.05) is 25.1 Å². The van der Waals surface area contributed by atoms with Crippen molar-refractivity contribution in [2.24, 2.45) is 0 Å². The third-order valence-electron chi connectivity index (χ3n) is 3.12. The summed E-state index contributed by atoms with van der Waals surface area (Å²) in [5.41, 5.74) is 1.78. The Morgan fingerprint density at radius 1 is 1.29 bits per heavy atom. The molecule has 0 radical (unpaired) electrons. The zero-order chi connectivity index (χ0) is 12.3. The Bertz CT molecular complexity index is 373. The molecule has 94 valence electrons. The van der Waals surface area contributed by atoms with Gasteiger partial charge in [0.05, 0.1) is 5.69 Å². The van der Waals surface area contributed by atoms with Crippen LogP contribution in [0.3, 0.4) is 0 Å². The number of rotatable bonds is 3. The minimum Gasteiger partial charge on any atom is -0.375 e. The highest BCUT2D eigenvalue weighted by Gasteiger charge is 2.15. The maximum Gasteiger partial charge on any atom is 0.146 e. The monoisotopic (exact) mass is 237 g/mol. The molecule has 0 aromatic heterocycles. The van der Waals surface area contributed by atoms with Crippen molar-refractivity contribution < 1.29 is 4.39 Å². The van der Waals surface area contributed by atoms with Gasteiger partial charge in [0.25, 0.3) is 0 Å². The first kappa shape index (κ1) is 12.3. The van der Waals surface area contributed by atoms with Gasteiger partial charge in [-0.2, -0.15) is 0 Å². The van der Waals surface area contributed by atoms with Crippen LogP contribution in [-0.2, 0) is 6.54 Å². The molecule has 1 aliphatic heterocycles. The largest absolute Gasteiger partial charge is 0.375 e. The molecule has 4 heteroatoms. The summed E-state index contributed by atoms with van der Waals surface area (Å²) in [6.07, 6.45) is 0. The summed E-state index contributed by atoms with van der Waals surface area (Å²) in [6, 6.07) is 5.33. The van der Waals surface area contributed by atoms with E-state index in [4.69, 9.17) is 0 Å². The third-order valence-corrected chi connectivity index (χ3v) is 3.12. The lowest BCUT2D eigenvalue weighted by atomic mass is 10.1. The zero-order valence-electron chi connectivity index (χ0n) is 10.5. The van der Waals surface area contributed by atoms with Crippen molar-refractivity contribution in [3.63, 3.8) is 0 Å². The minimum atomic E-state index is -0.136. The number of nitrogens with one attached hydrogen (secondary N) is 1. The maximum atomic E-state index is 13.8. The van der Waals surface area contributed by atoms with Crippen LogP contribution in [-0.4, -0.2) is 45.2 Å². The van der Waals surface area contributed by atoms with Crippen molar-refractivity contribution in [2.45, 2.75) is 6.54 Å². The van der Waals surface area contributed by atoms with E-state index in [1.54, 1.807) is 6.07 Å². The summed E-state index contributed by atoms with van der Waals surface area (Å²) in [4.78, 5) is 4.21. The summed E-state index contributed by atoms with van der Waals surface area (Å²) >= 11 is 0. The highest BCUT2D eigenvalue weighted by Crippen LogP contribution is 2.23. The fraction of sp³-hybridized carbons (Fsp3) is 0.538. The van der Waals surface area contributed by atoms with Crippen LogP contribution < -0.4 is 10.2 Å². The number of hydrogen-bond donors (Lipinski definition) is 1. The summed E-state index contributed by atoms with van der Waals surface area (Å²) in [5.74, 6) is -0.136. The standard InChI is InChI=1S/C13H20FN3/c1-16(2)13-11(4-3-5-12(13)14)10-17-8-6-15-7-9-17/h3-5,15H,6-10H2,1-2H3. The number of nitrogens with zero attached hydrogens (tertiary/aromatic N) is 2. The van der Waals surface area contributed by atoms with Crippen molar-refractivity contribution >= 4 is 5.69 Å². The second-order valence-electron chi connectivity index (χ2n) is 4.67. The Kier molecular flexibility index (Phi) is 3.97. The number of para-hydroxylation sites is 1. The summed E-state index contributed by atoms with van der Waals surface area (Å²) < 4.78 is 13.8. The SMILES string of the molecule is CN(C)c1c(F)cccc1CN1CCNCC1. The van der Waals surface area contributed by atoms with E-state index >= 15 is 0 Å². The van der Waals surface area contributed by atoms with Gasteiger partial charge in [-0.1, -0.05) is 12.1 Å². The summed E-state index contributed by atoms with van der Waals surface area (Å²) in [6.45, 7) is 4.93. The highest BCUT2D eigenvalue weighted by atomic mass is 19.1. The van der Waals surface area contributed by atoms with E-state index in [0.717, 1.165) is 38.3 Å². The third kappa shape index (κ3) is 2.96. The first-order valence-corrected chi connectivity index (χ1v) is 6.06. The molecule has 0 atom stereocenters. The fourth-order valence-corrected chi connectivity index (χ4v) is 2.30. The number of piperazine rings is 1. The zero-order valence-corrected chi connectivity index (χ0v) is 10.5. The van der Waals surface area contributed by atoms with E-state index in [0.29, 0.717) is 5.69 Å². The van der Waals surface area contributed by atoms with Crippen LogP contribution in [0, 0.1) is 5.82 Å². The lowest BCUT2D eigenvalue weighted by Crippen LogP contribution is -2.43. The molecule has 2 rings (SSSR count). The quantitative estimate of drug-likeness (QED) is 0.855. The van der Waals surface area contributed by atoms with Crippen LogP contribution in [0.2, 0.25) is 0 Å². The number of halogens is 1.